The van der Waals surface area contributed by atoms with Gasteiger partial charge in [0.05, 0.1) is 12.5 Å². The van der Waals surface area contributed by atoms with Crippen LogP contribution in [0.25, 0.3) is 0 Å². The number of amides is 1. The summed E-state index contributed by atoms with van der Waals surface area (Å²) in [4.78, 5) is 12.4. The van der Waals surface area contributed by atoms with Gasteiger partial charge in [0.2, 0.25) is 5.91 Å². The molecule has 0 aliphatic heterocycles. The van der Waals surface area contributed by atoms with Crippen molar-refractivity contribution in [1.29, 1.82) is 0 Å². The molecule has 1 aromatic heterocycles. The monoisotopic (exact) mass is 308 g/mol. The second-order valence-electron chi connectivity index (χ2n) is 5.32. The molecule has 1 atom stereocenters. The molecule has 23 heavy (non-hydrogen) atoms. The number of halogens is 1. The minimum absolute atomic E-state index is 0.0841. The quantitative estimate of drug-likeness (QED) is 0.751. The Morgan fingerprint density at radius 3 is 2.26 bits per heavy atom. The third-order valence-corrected chi connectivity index (χ3v) is 3.68. The second-order valence-corrected chi connectivity index (χ2v) is 5.32. The van der Waals surface area contributed by atoms with Crippen molar-refractivity contribution in [3.63, 3.8) is 0 Å². The first-order valence-electron chi connectivity index (χ1n) is 7.45. The van der Waals surface area contributed by atoms with Gasteiger partial charge in [-0.3, -0.25) is 4.79 Å². The number of carbonyl (C=O) groups is 1. The number of carbonyl (C=O) groups excluding carboxylic acids is 1. The minimum atomic E-state index is -0.284. The molecule has 0 unspecified atom stereocenters. The Bertz CT molecular complexity index is 752. The number of aromatic nitrogens is 1. The highest BCUT2D eigenvalue weighted by molar-refractivity contribution is 5.91. The Morgan fingerprint density at radius 1 is 0.957 bits per heavy atom. The van der Waals surface area contributed by atoms with Crippen molar-refractivity contribution in [2.24, 2.45) is 0 Å². The first-order chi connectivity index (χ1) is 11.2. The van der Waals surface area contributed by atoms with E-state index in [9.17, 15) is 9.18 Å². The van der Waals surface area contributed by atoms with E-state index in [-0.39, 0.29) is 24.2 Å². The van der Waals surface area contributed by atoms with Crippen LogP contribution in [0.1, 0.15) is 18.0 Å². The van der Waals surface area contributed by atoms with Crippen LogP contribution in [0.5, 0.6) is 0 Å². The summed E-state index contributed by atoms with van der Waals surface area (Å²) in [6.45, 7) is 0. The van der Waals surface area contributed by atoms with Crippen LogP contribution in [0.4, 0.5) is 10.1 Å². The molecule has 0 saturated carbocycles. The molecule has 1 N–H and O–H groups in total. The minimum Gasteiger partial charge on any atom is -0.346 e. The maximum atomic E-state index is 13.2. The number of nitrogens with one attached hydrogen (secondary N) is 1. The Hall–Kier alpha value is -2.88. The third-order valence-electron chi connectivity index (χ3n) is 3.68. The highest BCUT2D eigenvalue weighted by Crippen LogP contribution is 2.23. The highest BCUT2D eigenvalue weighted by atomic mass is 19.1. The molecule has 0 aliphatic rings. The first-order valence-corrected chi connectivity index (χ1v) is 7.45. The summed E-state index contributed by atoms with van der Waals surface area (Å²) in [5.41, 5.74) is 1.66. The summed E-state index contributed by atoms with van der Waals surface area (Å²) >= 11 is 0. The molecule has 0 bridgehead atoms. The second kappa shape index (κ2) is 6.92. The van der Waals surface area contributed by atoms with E-state index in [1.165, 1.54) is 12.1 Å². The fourth-order valence-corrected chi connectivity index (χ4v) is 2.55. The number of hydrogen-bond acceptors (Lipinski definition) is 1. The van der Waals surface area contributed by atoms with Crippen LogP contribution in [0.2, 0.25) is 0 Å². The van der Waals surface area contributed by atoms with Gasteiger partial charge >= 0.3 is 0 Å². The van der Waals surface area contributed by atoms with Crippen molar-refractivity contribution in [1.82, 2.24) is 4.57 Å². The van der Waals surface area contributed by atoms with Crippen LogP contribution in [-0.4, -0.2) is 10.5 Å². The van der Waals surface area contributed by atoms with Crippen molar-refractivity contribution in [3.05, 3.63) is 90.5 Å². The Labute approximate surface area is 134 Å². The standard InChI is InChI=1S/C19H17FN2O/c20-16-10-8-15(9-11-16)18(22-12-4-5-13-22)14-19(23)21-17-6-2-1-3-7-17/h1-13,18H,14H2,(H,21,23)/t18-/m1/s1. The van der Waals surface area contributed by atoms with Gasteiger partial charge in [-0.25, -0.2) is 4.39 Å². The molecule has 0 radical (unpaired) electrons. The number of para-hydroxylation sites is 1. The lowest BCUT2D eigenvalue weighted by molar-refractivity contribution is -0.116. The van der Waals surface area contributed by atoms with E-state index in [4.69, 9.17) is 0 Å². The Morgan fingerprint density at radius 2 is 1.61 bits per heavy atom. The summed E-state index contributed by atoms with van der Waals surface area (Å²) in [6, 6.07) is 19.3. The molecule has 2 aromatic carbocycles. The molecular weight excluding hydrogens is 291 g/mol. The van der Waals surface area contributed by atoms with E-state index in [1.54, 1.807) is 12.1 Å². The van der Waals surface area contributed by atoms with E-state index >= 15 is 0 Å². The lowest BCUT2D eigenvalue weighted by atomic mass is 10.0. The van der Waals surface area contributed by atoms with Crippen molar-refractivity contribution in [2.45, 2.75) is 12.5 Å². The largest absolute Gasteiger partial charge is 0.346 e. The van der Waals surface area contributed by atoms with E-state index in [2.05, 4.69) is 5.32 Å². The molecule has 116 valence electrons. The van der Waals surface area contributed by atoms with Gasteiger partial charge in [-0.1, -0.05) is 30.3 Å². The molecule has 4 heteroatoms. The van der Waals surface area contributed by atoms with Gasteiger partial charge in [0.25, 0.3) is 0 Å². The normalized spacial score (nSPS) is 11.9. The molecule has 1 amide bonds. The molecule has 0 aliphatic carbocycles. The first kappa shape index (κ1) is 15.0. The zero-order valence-corrected chi connectivity index (χ0v) is 12.5. The number of rotatable bonds is 5. The maximum absolute atomic E-state index is 13.2. The van der Waals surface area contributed by atoms with Crippen LogP contribution in [0, 0.1) is 5.82 Å². The number of hydrogen-bond donors (Lipinski definition) is 1. The average Bonchev–Trinajstić information content (AvgIpc) is 3.09. The van der Waals surface area contributed by atoms with Crippen molar-refractivity contribution in [2.75, 3.05) is 5.32 Å². The molecule has 0 saturated heterocycles. The van der Waals surface area contributed by atoms with Crippen molar-refractivity contribution in [3.8, 4) is 0 Å². The highest BCUT2D eigenvalue weighted by Gasteiger charge is 2.17. The van der Waals surface area contributed by atoms with Gasteiger partial charge < -0.3 is 9.88 Å². The van der Waals surface area contributed by atoms with E-state index in [0.717, 1.165) is 11.3 Å². The van der Waals surface area contributed by atoms with Gasteiger partial charge in [0.15, 0.2) is 0 Å². The number of anilines is 1. The van der Waals surface area contributed by atoms with Crippen LogP contribution in [0.3, 0.4) is 0 Å². The number of nitrogens with zero attached hydrogens (tertiary/aromatic N) is 1. The summed E-state index contributed by atoms with van der Waals surface area (Å²) in [6.07, 6.45) is 4.09. The Balaban J connectivity index is 1.79. The fourth-order valence-electron chi connectivity index (χ4n) is 2.55. The van der Waals surface area contributed by atoms with Gasteiger partial charge in [-0.15, -0.1) is 0 Å². The fraction of sp³-hybridized carbons (Fsp3) is 0.105. The van der Waals surface area contributed by atoms with E-state index in [1.807, 2.05) is 59.4 Å². The van der Waals surface area contributed by atoms with E-state index < -0.39 is 0 Å². The molecule has 0 fully saturated rings. The topological polar surface area (TPSA) is 34.0 Å². The average molecular weight is 308 g/mol. The van der Waals surface area contributed by atoms with Gasteiger partial charge in [0, 0.05) is 18.1 Å². The lowest BCUT2D eigenvalue weighted by Gasteiger charge is -2.19. The molecule has 3 rings (SSSR count). The van der Waals surface area contributed by atoms with Crippen molar-refractivity contribution < 1.29 is 9.18 Å². The smallest absolute Gasteiger partial charge is 0.226 e. The maximum Gasteiger partial charge on any atom is 0.226 e. The summed E-state index contributed by atoms with van der Waals surface area (Å²) in [5, 5.41) is 2.89. The van der Waals surface area contributed by atoms with Gasteiger partial charge in [0.1, 0.15) is 5.82 Å². The van der Waals surface area contributed by atoms with Gasteiger partial charge in [-0.05, 0) is 42.0 Å². The van der Waals surface area contributed by atoms with Crippen LogP contribution in [-0.2, 0) is 4.79 Å². The number of benzene rings is 2. The lowest BCUT2D eigenvalue weighted by Crippen LogP contribution is -2.19. The van der Waals surface area contributed by atoms with Crippen LogP contribution < -0.4 is 5.32 Å². The SMILES string of the molecule is O=C(C[C@H](c1ccc(F)cc1)n1cccc1)Nc1ccccc1. The molecule has 1 heterocycles. The molecule has 0 spiro atoms. The van der Waals surface area contributed by atoms with Crippen molar-refractivity contribution >= 4 is 11.6 Å². The summed E-state index contributed by atoms with van der Waals surface area (Å²) in [5.74, 6) is -0.368. The predicted molar refractivity (Wildman–Crippen MR) is 88.7 cm³/mol. The summed E-state index contributed by atoms with van der Waals surface area (Å²) < 4.78 is 15.1. The molecule has 3 nitrogen and oxygen atoms in total. The van der Waals surface area contributed by atoms with Crippen LogP contribution >= 0.6 is 0 Å². The van der Waals surface area contributed by atoms with E-state index in [0.29, 0.717) is 0 Å². The zero-order chi connectivity index (χ0) is 16.1. The molecule has 3 aromatic rings. The van der Waals surface area contributed by atoms with Gasteiger partial charge in [-0.2, -0.15) is 0 Å². The molecular formula is C19H17FN2O. The Kier molecular flexibility index (Phi) is 4.52. The zero-order valence-electron chi connectivity index (χ0n) is 12.5. The van der Waals surface area contributed by atoms with Crippen LogP contribution in [0.15, 0.2) is 79.1 Å². The summed E-state index contributed by atoms with van der Waals surface area (Å²) in [7, 11) is 0. The predicted octanol–water partition coefficient (Wildman–Crippen LogP) is 4.25. The third kappa shape index (κ3) is 3.86.